The van der Waals surface area contributed by atoms with Gasteiger partial charge in [0.15, 0.2) is 6.54 Å². The summed E-state index contributed by atoms with van der Waals surface area (Å²) in [5.41, 5.74) is 1.10. The number of thiazole rings is 1. The van der Waals surface area contributed by atoms with Crippen molar-refractivity contribution >= 4 is 27.5 Å². The number of amides is 1. The summed E-state index contributed by atoms with van der Waals surface area (Å²) in [5, 5.41) is 1.21. The number of carbonyl (C=O) groups is 1. The molecule has 0 unspecified atom stereocenters. The Morgan fingerprint density at radius 3 is 2.61 bits per heavy atom. The molecule has 28 heavy (non-hydrogen) atoms. The van der Waals surface area contributed by atoms with Crippen molar-refractivity contribution in [2.24, 2.45) is 0 Å². The molecule has 1 saturated heterocycles. The molecule has 2 aromatic heterocycles. The number of para-hydroxylation sites is 1. The molecule has 3 aromatic rings. The first kappa shape index (κ1) is 19.1. The molecule has 2 N–H and O–H groups in total. The van der Waals surface area contributed by atoms with Crippen molar-refractivity contribution < 1.29 is 19.0 Å². The number of likely N-dealkylation sites (N-methyl/N-ethyl adjacent to an activating group) is 1. The molecule has 1 fully saturated rings. The van der Waals surface area contributed by atoms with Gasteiger partial charge in [-0.3, -0.25) is 4.79 Å². The molecule has 1 aliphatic heterocycles. The molecular weight excluding hydrogens is 372 g/mol. The maximum absolute atomic E-state index is 12.5. The van der Waals surface area contributed by atoms with E-state index < -0.39 is 0 Å². The number of nitrogens with zero attached hydrogens (tertiary/aromatic N) is 2. The van der Waals surface area contributed by atoms with E-state index in [1.807, 2.05) is 32.2 Å². The van der Waals surface area contributed by atoms with Crippen LogP contribution in [-0.2, 0) is 17.9 Å². The number of fused-ring (bicyclic) bond motifs is 1. The third-order valence-corrected chi connectivity index (χ3v) is 6.46. The maximum atomic E-state index is 12.5. The molecule has 6 nitrogen and oxygen atoms in total. The highest BCUT2D eigenvalue weighted by Crippen LogP contribution is 2.20. The van der Waals surface area contributed by atoms with Gasteiger partial charge < -0.3 is 19.1 Å². The van der Waals surface area contributed by atoms with Gasteiger partial charge >= 0.3 is 0 Å². The fourth-order valence-corrected chi connectivity index (χ4v) is 4.80. The summed E-state index contributed by atoms with van der Waals surface area (Å²) >= 11 is 1.80. The topological polar surface area (TPSA) is 55.2 Å². The van der Waals surface area contributed by atoms with Gasteiger partial charge in [-0.25, -0.2) is 4.98 Å². The molecule has 3 heterocycles. The number of hydrogen-bond acceptors (Lipinski definition) is 4. The molecule has 1 amide bonds. The highest BCUT2D eigenvalue weighted by molar-refractivity contribution is 7.18. The molecule has 0 aliphatic carbocycles. The summed E-state index contributed by atoms with van der Waals surface area (Å²) in [5.74, 6) is 1.90. The normalized spacial score (nSPS) is 19.8. The van der Waals surface area contributed by atoms with Crippen LogP contribution in [-0.4, -0.2) is 55.6 Å². The molecule has 0 atom stereocenters. The Hall–Kier alpha value is -2.22. The number of piperazine rings is 1. The molecule has 0 bridgehead atoms. The van der Waals surface area contributed by atoms with Crippen LogP contribution in [0.3, 0.4) is 0 Å². The first-order valence-electron chi connectivity index (χ1n) is 9.87. The van der Waals surface area contributed by atoms with E-state index in [0.29, 0.717) is 13.1 Å². The lowest BCUT2D eigenvalue weighted by atomic mass is 10.3. The minimum Gasteiger partial charge on any atom is -0.464 e. The zero-order chi connectivity index (χ0) is 19.5. The Morgan fingerprint density at radius 2 is 1.89 bits per heavy atom. The van der Waals surface area contributed by atoms with E-state index in [9.17, 15) is 4.79 Å². The van der Waals surface area contributed by atoms with Crippen LogP contribution >= 0.6 is 11.3 Å². The van der Waals surface area contributed by atoms with Crippen molar-refractivity contribution in [1.29, 1.82) is 0 Å². The van der Waals surface area contributed by atoms with Crippen molar-refractivity contribution in [3.05, 3.63) is 52.9 Å². The summed E-state index contributed by atoms with van der Waals surface area (Å²) in [7, 11) is 1.86. The van der Waals surface area contributed by atoms with Gasteiger partial charge in [-0.2, -0.15) is 0 Å². The number of nitrogens with one attached hydrogen (secondary N) is 2. The van der Waals surface area contributed by atoms with E-state index in [4.69, 9.17) is 9.40 Å². The van der Waals surface area contributed by atoms with Crippen LogP contribution in [0.5, 0.6) is 0 Å². The Morgan fingerprint density at radius 1 is 1.14 bits per heavy atom. The fraction of sp³-hybridized carbons (Fsp3) is 0.429. The predicted octanol–water partition coefficient (Wildman–Crippen LogP) is 0.140. The lowest BCUT2D eigenvalue weighted by Crippen LogP contribution is -3.28. The number of rotatable bonds is 6. The van der Waals surface area contributed by atoms with Gasteiger partial charge in [-0.05, 0) is 31.2 Å². The minimum absolute atomic E-state index is 0.179. The number of carbonyl (C=O) groups excluding carboxylic acids is 1. The van der Waals surface area contributed by atoms with E-state index in [0.717, 1.165) is 49.8 Å². The summed E-state index contributed by atoms with van der Waals surface area (Å²) < 4.78 is 6.84. The van der Waals surface area contributed by atoms with E-state index in [-0.39, 0.29) is 5.91 Å². The van der Waals surface area contributed by atoms with Crippen molar-refractivity contribution in [2.75, 3.05) is 39.8 Å². The summed E-state index contributed by atoms with van der Waals surface area (Å²) in [6.07, 6.45) is 0. The fourth-order valence-electron chi connectivity index (χ4n) is 3.76. The highest BCUT2D eigenvalue weighted by Gasteiger charge is 2.27. The van der Waals surface area contributed by atoms with Gasteiger partial charge in [-0.1, -0.05) is 12.1 Å². The van der Waals surface area contributed by atoms with Crippen molar-refractivity contribution in [1.82, 2.24) is 9.88 Å². The monoisotopic (exact) mass is 400 g/mol. The van der Waals surface area contributed by atoms with Gasteiger partial charge in [0.2, 0.25) is 0 Å². The van der Waals surface area contributed by atoms with E-state index in [1.165, 1.54) is 14.6 Å². The number of hydrogen-bond donors (Lipinski definition) is 2. The third kappa shape index (κ3) is 4.60. The lowest BCUT2D eigenvalue weighted by Gasteiger charge is -2.29. The van der Waals surface area contributed by atoms with Gasteiger partial charge in [0.05, 0.1) is 16.8 Å². The second-order valence-electron chi connectivity index (χ2n) is 7.69. The molecule has 1 aliphatic rings. The summed E-state index contributed by atoms with van der Waals surface area (Å²) in [4.78, 5) is 22.0. The van der Waals surface area contributed by atoms with Crippen LogP contribution in [0.25, 0.3) is 10.2 Å². The maximum Gasteiger partial charge on any atom is 0.277 e. The van der Waals surface area contributed by atoms with Crippen LogP contribution < -0.4 is 9.80 Å². The van der Waals surface area contributed by atoms with E-state index >= 15 is 0 Å². The molecule has 7 heteroatoms. The molecule has 0 saturated carbocycles. The minimum atomic E-state index is 0.179. The third-order valence-electron chi connectivity index (χ3n) is 5.42. The van der Waals surface area contributed by atoms with Gasteiger partial charge in [0, 0.05) is 7.05 Å². The van der Waals surface area contributed by atoms with Gasteiger partial charge in [0.25, 0.3) is 5.91 Å². The predicted molar refractivity (Wildman–Crippen MR) is 110 cm³/mol. The standard InChI is InChI=1S/C21H26N4O2S/c1-16-7-8-17(27-16)13-23(2)21(26)15-25-11-9-24(10-12-25)14-20-22-18-5-3-4-6-19(18)28-20/h3-8H,9-15H2,1-2H3/p+2. The number of furan rings is 1. The molecule has 4 rings (SSSR count). The molecule has 1 aromatic carbocycles. The van der Waals surface area contributed by atoms with Crippen LogP contribution in [0, 0.1) is 6.92 Å². The quantitative estimate of drug-likeness (QED) is 0.619. The Balaban J connectivity index is 1.24. The van der Waals surface area contributed by atoms with Crippen LogP contribution in [0.2, 0.25) is 0 Å². The summed E-state index contributed by atoms with van der Waals surface area (Å²) in [6.45, 7) is 8.22. The second-order valence-corrected chi connectivity index (χ2v) is 8.81. The Bertz CT molecular complexity index is 910. The number of quaternary nitrogens is 2. The number of aromatic nitrogens is 1. The zero-order valence-corrected chi connectivity index (χ0v) is 17.3. The van der Waals surface area contributed by atoms with Crippen LogP contribution in [0.4, 0.5) is 0 Å². The molecule has 0 spiro atoms. The van der Waals surface area contributed by atoms with E-state index in [2.05, 4.69) is 18.2 Å². The average Bonchev–Trinajstić information content (AvgIpc) is 3.28. The van der Waals surface area contributed by atoms with Crippen molar-refractivity contribution in [2.45, 2.75) is 20.0 Å². The first-order chi connectivity index (χ1) is 13.6. The first-order valence-corrected chi connectivity index (χ1v) is 10.7. The van der Waals surface area contributed by atoms with E-state index in [1.54, 1.807) is 21.1 Å². The van der Waals surface area contributed by atoms with Crippen molar-refractivity contribution in [3.63, 3.8) is 0 Å². The van der Waals surface area contributed by atoms with Crippen LogP contribution in [0.15, 0.2) is 40.8 Å². The molecule has 0 radical (unpaired) electrons. The van der Waals surface area contributed by atoms with Crippen LogP contribution in [0.1, 0.15) is 16.5 Å². The highest BCUT2D eigenvalue weighted by atomic mass is 32.1. The van der Waals surface area contributed by atoms with Crippen molar-refractivity contribution in [3.8, 4) is 0 Å². The Labute approximate surface area is 169 Å². The average molecular weight is 401 g/mol. The molecular formula is C21H28N4O2S+2. The number of aryl methyl sites for hydroxylation is 1. The second kappa shape index (κ2) is 8.43. The van der Waals surface area contributed by atoms with Gasteiger partial charge in [-0.15, -0.1) is 11.3 Å². The SMILES string of the molecule is Cc1ccc(CN(C)C(=O)C[NH+]2CC[NH+](Cc3nc4ccccc4s3)CC2)o1. The smallest absolute Gasteiger partial charge is 0.277 e. The summed E-state index contributed by atoms with van der Waals surface area (Å²) in [6, 6.07) is 12.2. The zero-order valence-electron chi connectivity index (χ0n) is 16.5. The number of benzene rings is 1. The Kier molecular flexibility index (Phi) is 5.75. The van der Waals surface area contributed by atoms with Gasteiger partial charge in [0.1, 0.15) is 49.3 Å². The lowest BCUT2D eigenvalue weighted by molar-refractivity contribution is -1.02. The largest absolute Gasteiger partial charge is 0.464 e. The molecule has 148 valence electrons.